The summed E-state index contributed by atoms with van der Waals surface area (Å²) in [5, 5.41) is 15.4. The summed E-state index contributed by atoms with van der Waals surface area (Å²) in [4.78, 5) is 13.6. The maximum atomic E-state index is 12.2. The van der Waals surface area contributed by atoms with Gasteiger partial charge in [0.1, 0.15) is 6.54 Å². The minimum Gasteiger partial charge on any atom is -0.539 e. The minimum atomic E-state index is -0.548. The van der Waals surface area contributed by atoms with Crippen molar-refractivity contribution >= 4 is 17.5 Å². The summed E-state index contributed by atoms with van der Waals surface area (Å²) < 4.78 is 5.81. The maximum absolute atomic E-state index is 12.2. The van der Waals surface area contributed by atoms with Crippen molar-refractivity contribution in [1.82, 2.24) is 10.2 Å². The van der Waals surface area contributed by atoms with Crippen LogP contribution in [0.15, 0.2) is 28.8 Å². The third-order valence-electron chi connectivity index (χ3n) is 2.68. The second kappa shape index (κ2) is 5.27. The van der Waals surface area contributed by atoms with Crippen LogP contribution in [0, 0.1) is 0 Å². The molecule has 1 amide bonds. The van der Waals surface area contributed by atoms with Gasteiger partial charge in [-0.05, 0) is 18.2 Å². The fourth-order valence-corrected chi connectivity index (χ4v) is 1.83. The molecule has 0 unspecified atom stereocenters. The Kier molecular flexibility index (Phi) is 3.71. The van der Waals surface area contributed by atoms with Crippen molar-refractivity contribution in [3.05, 3.63) is 40.5 Å². The largest absolute Gasteiger partial charge is 0.539 e. The van der Waals surface area contributed by atoms with Crippen LogP contribution in [0.1, 0.15) is 16.1 Å². The first kappa shape index (κ1) is 13.4. The molecule has 100 valence electrons. The van der Waals surface area contributed by atoms with Crippen LogP contribution in [-0.2, 0) is 13.6 Å². The molecule has 0 spiro atoms. The number of benzene rings is 1. The van der Waals surface area contributed by atoms with Crippen LogP contribution in [0.5, 0.6) is 5.95 Å². The van der Waals surface area contributed by atoms with Gasteiger partial charge in [0.25, 0.3) is 11.6 Å². The lowest BCUT2D eigenvalue weighted by Gasteiger charge is -2.15. The predicted octanol–water partition coefficient (Wildman–Crippen LogP) is 0.498. The van der Waals surface area contributed by atoms with Crippen molar-refractivity contribution in [1.29, 1.82) is 0 Å². The number of halogens is 1. The van der Waals surface area contributed by atoms with Crippen molar-refractivity contribution in [3.63, 3.8) is 0 Å². The van der Waals surface area contributed by atoms with Crippen LogP contribution < -0.4 is 9.79 Å². The molecule has 0 saturated heterocycles. The average Bonchev–Trinajstić information content (AvgIpc) is 2.69. The van der Waals surface area contributed by atoms with Crippen molar-refractivity contribution in [2.45, 2.75) is 6.54 Å². The summed E-state index contributed by atoms with van der Waals surface area (Å²) in [5.41, 5.74) is 0.763. The highest BCUT2D eigenvalue weighted by atomic mass is 35.5. The van der Waals surface area contributed by atoms with E-state index in [4.69, 9.17) is 11.6 Å². The van der Waals surface area contributed by atoms with E-state index in [1.165, 1.54) is 9.58 Å². The van der Waals surface area contributed by atoms with Crippen LogP contribution in [0.25, 0.3) is 0 Å². The highest BCUT2D eigenvalue weighted by Gasteiger charge is 2.19. The maximum Gasteiger partial charge on any atom is 0.254 e. The summed E-state index contributed by atoms with van der Waals surface area (Å²) in [6.07, 6.45) is 0. The highest BCUT2D eigenvalue weighted by Crippen LogP contribution is 2.14. The number of carbonyl (C=O) groups is 1. The number of nitrogens with zero attached hydrogens (tertiary/aromatic N) is 3. The van der Waals surface area contributed by atoms with Crippen molar-refractivity contribution in [2.24, 2.45) is 7.05 Å². The smallest absolute Gasteiger partial charge is 0.254 e. The summed E-state index contributed by atoms with van der Waals surface area (Å²) in [5.74, 6) is -0.781. The Morgan fingerprint density at radius 2 is 2.32 bits per heavy atom. The van der Waals surface area contributed by atoms with Gasteiger partial charge in [-0.1, -0.05) is 22.3 Å². The van der Waals surface area contributed by atoms with Gasteiger partial charge in [-0.25, -0.2) is 0 Å². The Bertz CT molecular complexity index is 593. The molecule has 2 rings (SSSR count). The molecule has 1 heterocycles. The van der Waals surface area contributed by atoms with Crippen LogP contribution in [0.3, 0.4) is 0 Å². The van der Waals surface area contributed by atoms with Gasteiger partial charge >= 0.3 is 0 Å². The van der Waals surface area contributed by atoms with Gasteiger partial charge in [0.2, 0.25) is 0 Å². The molecule has 0 atom stereocenters. The second-order valence-electron chi connectivity index (χ2n) is 4.10. The van der Waals surface area contributed by atoms with Gasteiger partial charge in [0, 0.05) is 17.6 Å². The molecule has 19 heavy (non-hydrogen) atoms. The quantitative estimate of drug-likeness (QED) is 0.768. The Labute approximate surface area is 114 Å². The van der Waals surface area contributed by atoms with E-state index in [9.17, 15) is 9.90 Å². The number of aryl methyl sites for hydroxylation is 1. The van der Waals surface area contributed by atoms with Gasteiger partial charge in [-0.3, -0.25) is 4.79 Å². The monoisotopic (exact) mass is 281 g/mol. The van der Waals surface area contributed by atoms with Crippen molar-refractivity contribution < 1.29 is 19.1 Å². The van der Waals surface area contributed by atoms with E-state index in [0.717, 1.165) is 0 Å². The molecule has 0 saturated carbocycles. The predicted molar refractivity (Wildman–Crippen MR) is 64.4 cm³/mol. The van der Waals surface area contributed by atoms with E-state index in [0.29, 0.717) is 16.3 Å². The molecule has 0 aliphatic heterocycles. The summed E-state index contributed by atoms with van der Waals surface area (Å²) in [6, 6.07) is 6.62. The molecule has 0 bridgehead atoms. The molecular weight excluding hydrogens is 270 g/mol. The van der Waals surface area contributed by atoms with Crippen LogP contribution in [0.2, 0.25) is 5.02 Å². The minimum absolute atomic E-state index is 0.115. The Hall–Kier alpha value is -2.08. The molecule has 1 aromatic heterocycles. The number of hydrogen-bond donors (Lipinski definition) is 0. The highest BCUT2D eigenvalue weighted by molar-refractivity contribution is 6.30. The van der Waals surface area contributed by atoms with Crippen molar-refractivity contribution in [3.8, 4) is 5.95 Å². The van der Waals surface area contributed by atoms with Gasteiger partial charge < -0.3 is 14.5 Å². The van der Waals surface area contributed by atoms with E-state index in [1.807, 2.05) is 0 Å². The van der Waals surface area contributed by atoms with E-state index >= 15 is 0 Å². The Morgan fingerprint density at radius 3 is 2.89 bits per heavy atom. The molecule has 2 aromatic rings. The fraction of sp³-hybridized carbons (Fsp3) is 0.250. The number of hydrogen-bond acceptors (Lipinski definition) is 4. The van der Waals surface area contributed by atoms with E-state index in [2.05, 4.69) is 9.79 Å². The summed E-state index contributed by atoms with van der Waals surface area (Å²) >= 11 is 5.84. The number of amides is 1. The fourth-order valence-electron chi connectivity index (χ4n) is 1.64. The number of carbonyl (C=O) groups excluding carboxylic acids is 1. The molecule has 0 fully saturated rings. The van der Waals surface area contributed by atoms with E-state index in [-0.39, 0.29) is 12.5 Å². The second-order valence-corrected chi connectivity index (χ2v) is 4.54. The molecule has 0 N–H and O–H groups in total. The molecule has 7 heteroatoms. The zero-order valence-corrected chi connectivity index (χ0v) is 11.2. The SMILES string of the molecule is CN(Cc1c([O-])on[n+]1C)C(=O)c1cccc(Cl)c1. The Morgan fingerprint density at radius 1 is 1.58 bits per heavy atom. The normalized spacial score (nSPS) is 10.5. The standard InChI is InChI=1S/C12H12ClN3O3/c1-15(7-10-12(18)19-14-16(10)2)11(17)8-4-3-5-9(13)6-8/h3-6H,7H2,1-2H3. The molecule has 6 nitrogen and oxygen atoms in total. The number of rotatable bonds is 3. The van der Waals surface area contributed by atoms with Crippen molar-refractivity contribution in [2.75, 3.05) is 7.05 Å². The average molecular weight is 282 g/mol. The lowest BCUT2D eigenvalue weighted by molar-refractivity contribution is -0.746. The molecular formula is C12H12ClN3O3. The topological polar surface area (TPSA) is 73.3 Å². The lowest BCUT2D eigenvalue weighted by Crippen LogP contribution is -2.38. The van der Waals surface area contributed by atoms with Gasteiger partial charge in [0.05, 0.1) is 5.27 Å². The Balaban J connectivity index is 2.16. The molecule has 0 radical (unpaired) electrons. The molecule has 0 aliphatic carbocycles. The van der Waals surface area contributed by atoms with Crippen LogP contribution in [-0.4, -0.2) is 23.1 Å². The molecule has 1 aromatic carbocycles. The first-order valence-electron chi connectivity index (χ1n) is 5.52. The first-order chi connectivity index (χ1) is 8.99. The lowest BCUT2D eigenvalue weighted by atomic mass is 10.2. The van der Waals surface area contributed by atoms with Gasteiger partial charge in [-0.2, -0.15) is 0 Å². The third kappa shape index (κ3) is 2.85. The van der Waals surface area contributed by atoms with Gasteiger partial charge in [0.15, 0.2) is 13.0 Å². The number of aromatic nitrogens is 2. The van der Waals surface area contributed by atoms with E-state index < -0.39 is 5.95 Å². The molecule has 0 aliphatic rings. The summed E-state index contributed by atoms with van der Waals surface area (Å²) in [6.45, 7) is 0.115. The zero-order chi connectivity index (χ0) is 14.0. The van der Waals surface area contributed by atoms with E-state index in [1.54, 1.807) is 38.4 Å². The first-order valence-corrected chi connectivity index (χ1v) is 5.89. The summed E-state index contributed by atoms with van der Waals surface area (Å²) in [7, 11) is 3.17. The third-order valence-corrected chi connectivity index (χ3v) is 2.91. The van der Waals surface area contributed by atoms with Gasteiger partial charge in [-0.15, -0.1) is 0 Å². The van der Waals surface area contributed by atoms with Crippen LogP contribution in [0.4, 0.5) is 0 Å². The zero-order valence-electron chi connectivity index (χ0n) is 10.5. The van der Waals surface area contributed by atoms with Crippen LogP contribution >= 0.6 is 11.6 Å².